The molecule has 3 rings (SSSR count). The average Bonchev–Trinajstić information content (AvgIpc) is 2.86. The Kier molecular flexibility index (Phi) is 8.40. The number of carbonyl (C=O) groups is 1. The molecule has 0 spiro atoms. The third-order valence-corrected chi connectivity index (χ3v) is 7.42. The highest BCUT2D eigenvalue weighted by Crippen LogP contribution is 2.38. The van der Waals surface area contributed by atoms with E-state index in [0.29, 0.717) is 30.3 Å². The minimum Gasteiger partial charge on any atom is -0.493 e. The topological polar surface area (TPSA) is 106 Å². The third-order valence-electron chi connectivity index (χ3n) is 5.51. The number of amides is 2. The van der Waals surface area contributed by atoms with Crippen LogP contribution >= 0.6 is 0 Å². The minimum atomic E-state index is -3.46. The van der Waals surface area contributed by atoms with Crippen LogP contribution in [0.5, 0.6) is 17.2 Å². The molecule has 0 unspecified atom stereocenters. The van der Waals surface area contributed by atoms with Crippen molar-refractivity contribution in [2.24, 2.45) is 0 Å². The summed E-state index contributed by atoms with van der Waals surface area (Å²) in [5.74, 6) is 1.50. The molecule has 2 aromatic carbocycles. The van der Waals surface area contributed by atoms with E-state index in [4.69, 9.17) is 14.2 Å². The number of hydrogen-bond donors (Lipinski definition) is 2. The first kappa shape index (κ1) is 24.7. The van der Waals surface area contributed by atoms with Crippen molar-refractivity contribution in [3.8, 4) is 17.2 Å². The molecule has 1 saturated heterocycles. The molecule has 1 fully saturated rings. The summed E-state index contributed by atoms with van der Waals surface area (Å²) in [6.07, 6.45) is 2.86. The molecule has 2 amide bonds. The second-order valence-electron chi connectivity index (χ2n) is 7.68. The maximum Gasteiger partial charge on any atom is 0.315 e. The van der Waals surface area contributed by atoms with E-state index in [1.165, 1.54) is 21.3 Å². The van der Waals surface area contributed by atoms with Crippen LogP contribution in [0.25, 0.3) is 0 Å². The quantitative estimate of drug-likeness (QED) is 0.575. The molecule has 33 heavy (non-hydrogen) atoms. The summed E-state index contributed by atoms with van der Waals surface area (Å²) in [5.41, 5.74) is 1.59. The number of urea groups is 1. The van der Waals surface area contributed by atoms with E-state index in [0.717, 1.165) is 30.4 Å². The molecule has 2 N–H and O–H groups in total. The number of ether oxygens (including phenoxy) is 3. The highest BCUT2D eigenvalue weighted by atomic mass is 32.2. The van der Waals surface area contributed by atoms with E-state index in [9.17, 15) is 13.2 Å². The van der Waals surface area contributed by atoms with E-state index in [1.807, 2.05) is 0 Å². The molecule has 10 heteroatoms. The van der Waals surface area contributed by atoms with Crippen molar-refractivity contribution in [1.82, 2.24) is 14.9 Å². The number of hydrogen-bond acceptors (Lipinski definition) is 6. The second-order valence-corrected chi connectivity index (χ2v) is 9.62. The van der Waals surface area contributed by atoms with Gasteiger partial charge in [0.1, 0.15) is 0 Å². The average molecular weight is 478 g/mol. The van der Waals surface area contributed by atoms with Gasteiger partial charge in [-0.05, 0) is 48.2 Å². The summed E-state index contributed by atoms with van der Waals surface area (Å²) in [5, 5.41) is 5.56. The number of piperidine rings is 1. The van der Waals surface area contributed by atoms with E-state index >= 15 is 0 Å². The van der Waals surface area contributed by atoms with Gasteiger partial charge in [-0.2, -0.15) is 4.31 Å². The van der Waals surface area contributed by atoms with Crippen LogP contribution in [0.1, 0.15) is 30.4 Å². The van der Waals surface area contributed by atoms with Crippen molar-refractivity contribution < 1.29 is 27.4 Å². The lowest BCUT2D eigenvalue weighted by Crippen LogP contribution is -2.35. The Morgan fingerprint density at radius 2 is 1.39 bits per heavy atom. The largest absolute Gasteiger partial charge is 0.493 e. The maximum atomic E-state index is 12.7. The molecule has 1 aliphatic heterocycles. The first-order chi connectivity index (χ1) is 15.9. The first-order valence-electron chi connectivity index (χ1n) is 10.8. The lowest BCUT2D eigenvalue weighted by atomic mass is 10.2. The van der Waals surface area contributed by atoms with Crippen molar-refractivity contribution >= 4 is 16.1 Å². The van der Waals surface area contributed by atoms with Gasteiger partial charge in [-0.25, -0.2) is 13.2 Å². The number of sulfonamides is 1. The Morgan fingerprint density at radius 3 is 1.91 bits per heavy atom. The summed E-state index contributed by atoms with van der Waals surface area (Å²) >= 11 is 0. The Bertz CT molecular complexity index is 1030. The van der Waals surface area contributed by atoms with Gasteiger partial charge in [0, 0.05) is 26.2 Å². The molecule has 1 aliphatic rings. The fourth-order valence-corrected chi connectivity index (χ4v) is 5.22. The van der Waals surface area contributed by atoms with E-state index < -0.39 is 10.0 Å². The summed E-state index contributed by atoms with van der Waals surface area (Å²) in [4.78, 5) is 12.5. The molecule has 0 aromatic heterocycles. The zero-order valence-corrected chi connectivity index (χ0v) is 20.0. The lowest BCUT2D eigenvalue weighted by molar-refractivity contribution is 0.240. The third kappa shape index (κ3) is 6.08. The molecule has 0 bridgehead atoms. The van der Waals surface area contributed by atoms with Crippen LogP contribution in [-0.2, 0) is 23.1 Å². The zero-order valence-electron chi connectivity index (χ0n) is 19.2. The van der Waals surface area contributed by atoms with Crippen LogP contribution in [-0.4, -0.2) is 53.2 Å². The molecule has 0 aliphatic carbocycles. The van der Waals surface area contributed by atoms with Gasteiger partial charge in [0.15, 0.2) is 11.5 Å². The molecule has 1 heterocycles. The number of carbonyl (C=O) groups excluding carboxylic acids is 1. The predicted octanol–water partition coefficient (Wildman–Crippen LogP) is 2.89. The van der Waals surface area contributed by atoms with Crippen LogP contribution in [0.15, 0.2) is 41.3 Å². The Morgan fingerprint density at radius 1 is 0.848 bits per heavy atom. The highest BCUT2D eigenvalue weighted by Gasteiger charge is 2.25. The van der Waals surface area contributed by atoms with Crippen LogP contribution in [0.4, 0.5) is 4.79 Å². The van der Waals surface area contributed by atoms with Crippen LogP contribution in [0, 0.1) is 0 Å². The second kappa shape index (κ2) is 11.2. The molecular formula is C23H31N3O6S. The SMILES string of the molecule is COc1cc(CNC(=O)NCc2ccc(S(=O)(=O)N3CCCCC3)cc2)cc(OC)c1OC. The van der Waals surface area contributed by atoms with Crippen LogP contribution in [0.3, 0.4) is 0 Å². The summed E-state index contributed by atoms with van der Waals surface area (Å²) < 4.78 is 43.0. The van der Waals surface area contributed by atoms with Crippen molar-refractivity contribution in [3.63, 3.8) is 0 Å². The van der Waals surface area contributed by atoms with Gasteiger partial charge in [-0.15, -0.1) is 0 Å². The van der Waals surface area contributed by atoms with Gasteiger partial charge in [-0.3, -0.25) is 0 Å². The van der Waals surface area contributed by atoms with Gasteiger partial charge in [0.2, 0.25) is 15.8 Å². The summed E-state index contributed by atoms with van der Waals surface area (Å²) in [6, 6.07) is 9.80. The zero-order chi connectivity index (χ0) is 23.8. The number of benzene rings is 2. The van der Waals surface area contributed by atoms with E-state index in [1.54, 1.807) is 40.7 Å². The van der Waals surface area contributed by atoms with Gasteiger partial charge in [-0.1, -0.05) is 18.6 Å². The highest BCUT2D eigenvalue weighted by molar-refractivity contribution is 7.89. The fraction of sp³-hybridized carbons (Fsp3) is 0.435. The molecule has 0 radical (unpaired) electrons. The van der Waals surface area contributed by atoms with Crippen molar-refractivity contribution in [2.45, 2.75) is 37.2 Å². The van der Waals surface area contributed by atoms with Gasteiger partial charge < -0.3 is 24.8 Å². The number of nitrogens with zero attached hydrogens (tertiary/aromatic N) is 1. The number of rotatable bonds is 9. The Balaban J connectivity index is 1.54. The molecule has 0 atom stereocenters. The van der Waals surface area contributed by atoms with Crippen molar-refractivity contribution in [2.75, 3.05) is 34.4 Å². The molecule has 180 valence electrons. The molecule has 0 saturated carbocycles. The van der Waals surface area contributed by atoms with Crippen molar-refractivity contribution in [1.29, 1.82) is 0 Å². The maximum absolute atomic E-state index is 12.7. The lowest BCUT2D eigenvalue weighted by Gasteiger charge is -2.25. The predicted molar refractivity (Wildman–Crippen MR) is 124 cm³/mol. The summed E-state index contributed by atoms with van der Waals surface area (Å²) in [7, 11) is 1.13. The number of methoxy groups -OCH3 is 3. The monoisotopic (exact) mass is 477 g/mol. The number of nitrogens with one attached hydrogen (secondary N) is 2. The van der Waals surface area contributed by atoms with Gasteiger partial charge in [0.25, 0.3) is 0 Å². The standard InChI is InChI=1S/C23H31N3O6S/c1-30-20-13-18(14-21(31-2)22(20)32-3)16-25-23(27)24-15-17-7-9-19(10-8-17)33(28,29)26-11-5-4-6-12-26/h7-10,13-14H,4-6,11-12,15-16H2,1-3H3,(H2,24,25,27). The van der Waals surface area contributed by atoms with Gasteiger partial charge in [0.05, 0.1) is 26.2 Å². The van der Waals surface area contributed by atoms with E-state index in [-0.39, 0.29) is 24.0 Å². The minimum absolute atomic E-state index is 0.259. The van der Waals surface area contributed by atoms with Gasteiger partial charge >= 0.3 is 6.03 Å². The smallest absolute Gasteiger partial charge is 0.315 e. The Hall–Kier alpha value is -2.98. The normalized spacial score (nSPS) is 14.4. The molecular weight excluding hydrogens is 446 g/mol. The van der Waals surface area contributed by atoms with Crippen LogP contribution in [0.2, 0.25) is 0 Å². The first-order valence-corrected chi connectivity index (χ1v) is 12.2. The fourth-order valence-electron chi connectivity index (χ4n) is 3.70. The van der Waals surface area contributed by atoms with Crippen LogP contribution < -0.4 is 24.8 Å². The Labute approximate surface area is 195 Å². The van der Waals surface area contributed by atoms with Crippen molar-refractivity contribution in [3.05, 3.63) is 47.5 Å². The van der Waals surface area contributed by atoms with E-state index in [2.05, 4.69) is 10.6 Å². The summed E-state index contributed by atoms with van der Waals surface area (Å²) in [6.45, 7) is 1.66. The molecule has 9 nitrogen and oxygen atoms in total. The molecule has 2 aromatic rings.